The Bertz CT molecular complexity index is 256. The summed E-state index contributed by atoms with van der Waals surface area (Å²) in [7, 11) is 0. The first kappa shape index (κ1) is 11.4. The Morgan fingerprint density at radius 2 is 2.07 bits per heavy atom. The van der Waals surface area contributed by atoms with Crippen LogP contribution in [0.4, 0.5) is 0 Å². The van der Waals surface area contributed by atoms with E-state index in [1.165, 1.54) is 5.57 Å². The van der Waals surface area contributed by atoms with Crippen molar-refractivity contribution in [3.63, 3.8) is 0 Å². The Morgan fingerprint density at radius 3 is 2.57 bits per heavy atom. The van der Waals surface area contributed by atoms with E-state index in [0.717, 1.165) is 12.8 Å². The average molecular weight is 193 g/mol. The maximum absolute atomic E-state index is 3.50. The lowest BCUT2D eigenvalue weighted by atomic mass is 9.93. The van der Waals surface area contributed by atoms with Gasteiger partial charge >= 0.3 is 0 Å². The molecule has 1 nitrogen and oxygen atoms in total. The molecule has 0 aromatic carbocycles. The largest absolute Gasteiger partial charge is 0.385 e. The van der Waals surface area contributed by atoms with Gasteiger partial charge in [-0.1, -0.05) is 32.4 Å². The van der Waals surface area contributed by atoms with Gasteiger partial charge in [0.15, 0.2) is 0 Å². The molecule has 80 valence electrons. The summed E-state index contributed by atoms with van der Waals surface area (Å²) in [6.45, 7) is 11.3. The van der Waals surface area contributed by atoms with Gasteiger partial charge in [0, 0.05) is 11.7 Å². The summed E-state index contributed by atoms with van der Waals surface area (Å²) < 4.78 is 0. The third-order valence-corrected chi connectivity index (χ3v) is 2.79. The van der Waals surface area contributed by atoms with Crippen molar-refractivity contribution in [3.8, 4) is 0 Å². The number of rotatable bonds is 2. The summed E-state index contributed by atoms with van der Waals surface area (Å²) in [5.74, 6) is 0.609. The summed E-state index contributed by atoms with van der Waals surface area (Å²) in [5, 5.41) is 3.50. The third kappa shape index (κ3) is 2.90. The zero-order valence-electron chi connectivity index (χ0n) is 10.1. The Hall–Kier alpha value is -0.720. The van der Waals surface area contributed by atoms with E-state index in [0.29, 0.717) is 5.92 Å². The predicted octanol–water partition coefficient (Wildman–Crippen LogP) is 3.63. The Kier molecular flexibility index (Phi) is 3.41. The molecule has 1 rings (SSSR count). The number of nitrogens with one attached hydrogen (secondary N) is 1. The second-order valence-electron chi connectivity index (χ2n) is 5.16. The summed E-state index contributed by atoms with van der Waals surface area (Å²) in [5.41, 5.74) is 3.19. The molecule has 0 bridgehead atoms. The second-order valence-corrected chi connectivity index (χ2v) is 5.16. The molecular formula is C13H23N. The van der Waals surface area contributed by atoms with Crippen LogP contribution in [0.25, 0.3) is 0 Å². The Morgan fingerprint density at radius 1 is 1.43 bits per heavy atom. The van der Waals surface area contributed by atoms with Crippen LogP contribution in [0, 0.1) is 5.92 Å². The molecular weight excluding hydrogens is 170 g/mol. The normalized spacial score (nSPS) is 21.0. The van der Waals surface area contributed by atoms with E-state index in [9.17, 15) is 0 Å². The van der Waals surface area contributed by atoms with Gasteiger partial charge < -0.3 is 5.32 Å². The van der Waals surface area contributed by atoms with Crippen molar-refractivity contribution in [2.75, 3.05) is 0 Å². The van der Waals surface area contributed by atoms with Crippen LogP contribution < -0.4 is 5.32 Å². The van der Waals surface area contributed by atoms with Gasteiger partial charge in [-0.3, -0.25) is 0 Å². The van der Waals surface area contributed by atoms with E-state index in [1.807, 2.05) is 0 Å². The SMILES string of the molecule is CCC1=CC(C(C)C)=CNC(C)(C)C1. The van der Waals surface area contributed by atoms with Crippen LogP contribution in [0.15, 0.2) is 23.4 Å². The third-order valence-electron chi connectivity index (χ3n) is 2.79. The van der Waals surface area contributed by atoms with Crippen molar-refractivity contribution in [2.24, 2.45) is 5.92 Å². The van der Waals surface area contributed by atoms with Crippen LogP contribution in [-0.2, 0) is 0 Å². The fraction of sp³-hybridized carbons (Fsp3) is 0.692. The molecule has 0 saturated heterocycles. The van der Waals surface area contributed by atoms with Crippen LogP contribution >= 0.6 is 0 Å². The highest BCUT2D eigenvalue weighted by atomic mass is 14.9. The molecule has 1 aliphatic rings. The van der Waals surface area contributed by atoms with E-state index in [1.54, 1.807) is 5.57 Å². The van der Waals surface area contributed by atoms with Crippen LogP contribution in [-0.4, -0.2) is 5.54 Å². The second kappa shape index (κ2) is 4.20. The quantitative estimate of drug-likeness (QED) is 0.706. The van der Waals surface area contributed by atoms with Gasteiger partial charge in [-0.05, 0) is 38.2 Å². The number of hydrogen-bond acceptors (Lipinski definition) is 1. The van der Waals surface area contributed by atoms with Gasteiger partial charge in [0.05, 0.1) is 0 Å². The molecule has 0 aromatic heterocycles. The molecule has 0 radical (unpaired) electrons. The van der Waals surface area contributed by atoms with Crippen molar-refractivity contribution in [2.45, 2.75) is 53.0 Å². The first-order valence-corrected chi connectivity index (χ1v) is 5.62. The molecule has 1 aliphatic heterocycles. The fourth-order valence-electron chi connectivity index (χ4n) is 1.79. The van der Waals surface area contributed by atoms with Gasteiger partial charge in [0.25, 0.3) is 0 Å². The lowest BCUT2D eigenvalue weighted by Crippen LogP contribution is -2.35. The molecule has 1 heteroatoms. The molecule has 1 N–H and O–H groups in total. The highest BCUT2D eigenvalue weighted by Crippen LogP contribution is 2.25. The lowest BCUT2D eigenvalue weighted by Gasteiger charge is -2.25. The average Bonchev–Trinajstić information content (AvgIpc) is 2.23. The number of hydrogen-bond donors (Lipinski definition) is 1. The maximum Gasteiger partial charge on any atom is 0.0349 e. The van der Waals surface area contributed by atoms with Crippen LogP contribution in [0.5, 0.6) is 0 Å². The lowest BCUT2D eigenvalue weighted by molar-refractivity contribution is 0.437. The molecule has 0 aliphatic carbocycles. The van der Waals surface area contributed by atoms with E-state index in [4.69, 9.17) is 0 Å². The van der Waals surface area contributed by atoms with Gasteiger partial charge in [-0.25, -0.2) is 0 Å². The highest BCUT2D eigenvalue weighted by molar-refractivity contribution is 5.28. The maximum atomic E-state index is 3.50. The molecule has 0 amide bonds. The van der Waals surface area contributed by atoms with Crippen molar-refractivity contribution < 1.29 is 0 Å². The van der Waals surface area contributed by atoms with Crippen LogP contribution in [0.1, 0.15) is 47.5 Å². The Labute approximate surface area is 88.3 Å². The monoisotopic (exact) mass is 193 g/mol. The summed E-state index contributed by atoms with van der Waals surface area (Å²) >= 11 is 0. The standard InChI is InChI=1S/C13H23N/c1-6-11-7-12(10(2)3)9-14-13(4,5)8-11/h7,9-10,14H,6,8H2,1-5H3. The zero-order chi connectivity index (χ0) is 10.8. The minimum Gasteiger partial charge on any atom is -0.385 e. The van der Waals surface area contributed by atoms with Crippen LogP contribution in [0.2, 0.25) is 0 Å². The molecule has 0 aromatic rings. The topological polar surface area (TPSA) is 12.0 Å². The summed E-state index contributed by atoms with van der Waals surface area (Å²) in [6.07, 6.45) is 6.87. The minimum absolute atomic E-state index is 0.207. The van der Waals surface area contributed by atoms with Gasteiger partial charge in [-0.15, -0.1) is 0 Å². The molecule has 14 heavy (non-hydrogen) atoms. The van der Waals surface area contributed by atoms with Gasteiger partial charge in [0.2, 0.25) is 0 Å². The molecule has 0 spiro atoms. The smallest absolute Gasteiger partial charge is 0.0349 e. The molecule has 0 atom stereocenters. The van der Waals surface area contributed by atoms with E-state index in [2.05, 4.69) is 52.2 Å². The highest BCUT2D eigenvalue weighted by Gasteiger charge is 2.20. The summed E-state index contributed by atoms with van der Waals surface area (Å²) in [4.78, 5) is 0. The first-order valence-electron chi connectivity index (χ1n) is 5.62. The van der Waals surface area contributed by atoms with Crippen molar-refractivity contribution in [1.29, 1.82) is 0 Å². The molecule has 0 saturated carbocycles. The molecule has 1 heterocycles. The predicted molar refractivity (Wildman–Crippen MR) is 63.1 cm³/mol. The summed E-state index contributed by atoms with van der Waals surface area (Å²) in [6, 6.07) is 0. The van der Waals surface area contributed by atoms with Crippen molar-refractivity contribution >= 4 is 0 Å². The van der Waals surface area contributed by atoms with Gasteiger partial charge in [0.1, 0.15) is 0 Å². The number of allylic oxidation sites excluding steroid dienone is 2. The molecule has 0 fully saturated rings. The van der Waals surface area contributed by atoms with Crippen molar-refractivity contribution in [1.82, 2.24) is 5.32 Å². The fourth-order valence-corrected chi connectivity index (χ4v) is 1.79. The van der Waals surface area contributed by atoms with E-state index >= 15 is 0 Å². The minimum atomic E-state index is 0.207. The van der Waals surface area contributed by atoms with E-state index in [-0.39, 0.29) is 5.54 Å². The van der Waals surface area contributed by atoms with Crippen molar-refractivity contribution in [3.05, 3.63) is 23.4 Å². The first-order chi connectivity index (χ1) is 6.44. The Balaban J connectivity index is 2.92. The molecule has 0 unspecified atom stereocenters. The van der Waals surface area contributed by atoms with Gasteiger partial charge in [-0.2, -0.15) is 0 Å². The van der Waals surface area contributed by atoms with Crippen LogP contribution in [0.3, 0.4) is 0 Å². The van der Waals surface area contributed by atoms with E-state index < -0.39 is 0 Å². The zero-order valence-corrected chi connectivity index (χ0v) is 10.1.